The average molecular weight is 419 g/mol. The minimum atomic E-state index is -5.23. The Hall–Kier alpha value is -3.42. The molecule has 0 aliphatic heterocycles. The number of hydrogen-bond donors (Lipinski definition) is 0. The van der Waals surface area contributed by atoms with Crippen LogP contribution >= 0.6 is 0 Å². The van der Waals surface area contributed by atoms with E-state index in [-0.39, 0.29) is 22.0 Å². The van der Waals surface area contributed by atoms with Crippen molar-refractivity contribution in [2.24, 2.45) is 0 Å². The van der Waals surface area contributed by atoms with Crippen molar-refractivity contribution < 1.29 is 31.1 Å². The first-order valence-electron chi connectivity index (χ1n) is 8.68. The van der Waals surface area contributed by atoms with Crippen molar-refractivity contribution in [3.63, 3.8) is 0 Å². The summed E-state index contributed by atoms with van der Waals surface area (Å²) in [4.78, 5) is 16.3. The normalized spacial score (nSPS) is 12.5. The third kappa shape index (κ3) is 3.38. The van der Waals surface area contributed by atoms with Crippen LogP contribution in [0.2, 0.25) is 0 Å². The predicted molar refractivity (Wildman–Crippen MR) is 100 cm³/mol. The zero-order valence-electron chi connectivity index (χ0n) is 15.0. The Kier molecular flexibility index (Phi) is 4.52. The quantitative estimate of drug-likeness (QED) is 0.203. The van der Waals surface area contributed by atoms with Crippen LogP contribution < -0.4 is 0 Å². The van der Waals surface area contributed by atoms with E-state index in [2.05, 4.69) is 4.98 Å². The van der Waals surface area contributed by atoms with Crippen molar-refractivity contribution >= 4 is 27.5 Å². The van der Waals surface area contributed by atoms with Gasteiger partial charge in [-0.05, 0) is 17.5 Å². The van der Waals surface area contributed by atoms with Crippen LogP contribution in [0.1, 0.15) is 15.9 Å². The maximum absolute atomic E-state index is 13.8. The van der Waals surface area contributed by atoms with Crippen molar-refractivity contribution in [3.8, 4) is 11.3 Å². The number of nitrogens with zero attached hydrogens (tertiary/aromatic N) is 1. The number of carbonyl (C=O) groups is 1. The first-order chi connectivity index (χ1) is 14.1. The summed E-state index contributed by atoms with van der Waals surface area (Å²) in [5.74, 6) is -2.21. The predicted octanol–water partition coefficient (Wildman–Crippen LogP) is 6.82. The van der Waals surface area contributed by atoms with Gasteiger partial charge in [-0.3, -0.25) is 4.79 Å². The molecule has 0 fully saturated rings. The Morgan fingerprint density at radius 1 is 0.733 bits per heavy atom. The Morgan fingerprint density at radius 3 is 1.93 bits per heavy atom. The molecule has 0 spiro atoms. The number of Topliss-reactive ketones (excluding diaryl/α,β-unsaturated/α-hetero) is 1. The van der Waals surface area contributed by atoms with E-state index in [0.717, 1.165) is 6.07 Å². The summed E-state index contributed by atoms with van der Waals surface area (Å²) >= 11 is 0. The minimum Gasteiger partial charge on any atom is -0.284 e. The molecule has 4 rings (SSSR count). The van der Waals surface area contributed by atoms with Gasteiger partial charge in [-0.2, -0.15) is 26.3 Å². The van der Waals surface area contributed by atoms with E-state index in [4.69, 9.17) is 0 Å². The molecule has 4 aromatic rings. The maximum atomic E-state index is 13.8. The van der Waals surface area contributed by atoms with Gasteiger partial charge in [0, 0.05) is 21.9 Å². The van der Waals surface area contributed by atoms with E-state index < -0.39 is 34.6 Å². The Morgan fingerprint density at radius 2 is 1.33 bits per heavy atom. The molecule has 1 aromatic heterocycles. The number of halogens is 6. The molecule has 152 valence electrons. The fraction of sp³-hybridized carbons (Fsp3) is 0.0909. The van der Waals surface area contributed by atoms with E-state index in [1.165, 1.54) is 24.3 Å². The largest absolute Gasteiger partial charge is 0.454 e. The Bertz CT molecular complexity index is 1280. The van der Waals surface area contributed by atoms with Crippen molar-refractivity contribution in [1.29, 1.82) is 0 Å². The SMILES string of the molecule is O=C(c1cc2c(C(F)(F)F)cc(-c3ccccc3)nc2c2ccccc12)C(F)(F)F. The number of aromatic nitrogens is 1. The van der Waals surface area contributed by atoms with Crippen molar-refractivity contribution in [2.75, 3.05) is 0 Å². The van der Waals surface area contributed by atoms with Crippen LogP contribution in [0.5, 0.6) is 0 Å². The van der Waals surface area contributed by atoms with Gasteiger partial charge in [0.15, 0.2) is 0 Å². The Labute approximate surface area is 165 Å². The van der Waals surface area contributed by atoms with Gasteiger partial charge in [0.05, 0.1) is 16.8 Å². The number of pyridine rings is 1. The monoisotopic (exact) mass is 419 g/mol. The molecule has 0 saturated heterocycles. The second-order valence-corrected chi connectivity index (χ2v) is 6.61. The fourth-order valence-electron chi connectivity index (χ4n) is 3.38. The topological polar surface area (TPSA) is 30.0 Å². The average Bonchev–Trinajstić information content (AvgIpc) is 2.71. The van der Waals surface area contributed by atoms with Gasteiger partial charge in [-0.15, -0.1) is 0 Å². The van der Waals surface area contributed by atoms with E-state index in [1.807, 2.05) is 0 Å². The number of ketones is 1. The number of benzene rings is 3. The molecule has 3 aromatic carbocycles. The van der Waals surface area contributed by atoms with Gasteiger partial charge in [0.1, 0.15) is 0 Å². The van der Waals surface area contributed by atoms with E-state index in [0.29, 0.717) is 11.6 Å². The van der Waals surface area contributed by atoms with Crippen LogP contribution in [0.25, 0.3) is 32.9 Å². The van der Waals surface area contributed by atoms with Crippen LogP contribution in [-0.4, -0.2) is 16.9 Å². The van der Waals surface area contributed by atoms with E-state index >= 15 is 0 Å². The van der Waals surface area contributed by atoms with Gasteiger partial charge >= 0.3 is 12.4 Å². The Balaban J connectivity index is 2.17. The number of rotatable bonds is 2. The molecule has 0 unspecified atom stereocenters. The smallest absolute Gasteiger partial charge is 0.284 e. The zero-order chi connectivity index (χ0) is 21.7. The highest BCUT2D eigenvalue weighted by Gasteiger charge is 2.41. The highest BCUT2D eigenvalue weighted by atomic mass is 19.4. The van der Waals surface area contributed by atoms with Gasteiger partial charge < -0.3 is 0 Å². The summed E-state index contributed by atoms with van der Waals surface area (Å²) in [6.07, 6.45) is -10.1. The van der Waals surface area contributed by atoms with Crippen LogP contribution in [0.3, 0.4) is 0 Å². The molecular weight excluding hydrogens is 408 g/mol. The summed E-state index contributed by atoms with van der Waals surface area (Å²) in [5.41, 5.74) is -1.68. The fourth-order valence-corrected chi connectivity index (χ4v) is 3.38. The molecular formula is C22H11F6NO. The summed E-state index contributed by atoms with van der Waals surface area (Å²) in [6.45, 7) is 0. The molecule has 2 nitrogen and oxygen atoms in total. The summed E-state index contributed by atoms with van der Waals surface area (Å²) in [5, 5.41) is -0.641. The lowest BCUT2D eigenvalue weighted by atomic mass is 9.94. The van der Waals surface area contributed by atoms with E-state index in [9.17, 15) is 31.1 Å². The molecule has 30 heavy (non-hydrogen) atoms. The molecule has 1 heterocycles. The summed E-state index contributed by atoms with van der Waals surface area (Å²) in [7, 11) is 0. The van der Waals surface area contributed by atoms with Crippen molar-refractivity contribution in [3.05, 3.63) is 77.9 Å². The van der Waals surface area contributed by atoms with Crippen molar-refractivity contribution in [2.45, 2.75) is 12.4 Å². The second kappa shape index (κ2) is 6.83. The molecule has 0 bridgehead atoms. The van der Waals surface area contributed by atoms with Gasteiger partial charge in [0.2, 0.25) is 0 Å². The summed E-state index contributed by atoms with van der Waals surface area (Å²) < 4.78 is 80.8. The van der Waals surface area contributed by atoms with Crippen LogP contribution in [-0.2, 0) is 6.18 Å². The molecule has 0 aliphatic rings. The molecule has 0 saturated carbocycles. The third-order valence-electron chi connectivity index (χ3n) is 4.70. The lowest BCUT2D eigenvalue weighted by molar-refractivity contribution is -0.136. The van der Waals surface area contributed by atoms with E-state index in [1.54, 1.807) is 30.3 Å². The molecule has 0 aliphatic carbocycles. The molecule has 0 atom stereocenters. The first kappa shape index (κ1) is 19.9. The molecule has 0 amide bonds. The third-order valence-corrected chi connectivity index (χ3v) is 4.70. The highest BCUT2D eigenvalue weighted by molar-refractivity contribution is 6.18. The molecule has 0 N–H and O–H groups in total. The first-order valence-corrected chi connectivity index (χ1v) is 8.68. The van der Waals surface area contributed by atoms with Gasteiger partial charge in [-0.25, -0.2) is 4.98 Å². The lowest BCUT2D eigenvalue weighted by Gasteiger charge is -2.16. The number of fused-ring (bicyclic) bond motifs is 3. The minimum absolute atomic E-state index is 0.0236. The van der Waals surface area contributed by atoms with Crippen LogP contribution in [0.15, 0.2) is 66.7 Å². The van der Waals surface area contributed by atoms with Gasteiger partial charge in [-0.1, -0.05) is 54.6 Å². The number of hydrogen-bond acceptors (Lipinski definition) is 2. The van der Waals surface area contributed by atoms with Crippen LogP contribution in [0, 0.1) is 0 Å². The standard InChI is InChI=1S/C22H11F6NO/c23-21(24,25)17-11-18(12-6-2-1-3-7-12)29-19-14-9-5-4-8-13(14)15(10-16(17)19)20(30)22(26,27)28/h1-11H. The lowest BCUT2D eigenvalue weighted by Crippen LogP contribution is -2.23. The molecule has 8 heteroatoms. The number of alkyl halides is 6. The van der Waals surface area contributed by atoms with Crippen molar-refractivity contribution in [1.82, 2.24) is 4.98 Å². The van der Waals surface area contributed by atoms with Crippen LogP contribution in [0.4, 0.5) is 26.3 Å². The second-order valence-electron chi connectivity index (χ2n) is 6.61. The summed E-state index contributed by atoms with van der Waals surface area (Å²) in [6, 6.07) is 15.0. The number of carbonyl (C=O) groups excluding carboxylic acids is 1. The molecule has 0 radical (unpaired) electrons. The highest BCUT2D eigenvalue weighted by Crippen LogP contribution is 2.40. The van der Waals surface area contributed by atoms with Gasteiger partial charge in [0.25, 0.3) is 5.78 Å². The maximum Gasteiger partial charge on any atom is 0.454 e. The zero-order valence-corrected chi connectivity index (χ0v) is 15.0.